The fourth-order valence-electron chi connectivity index (χ4n) is 3.66. The Balaban J connectivity index is 2.07. The van der Waals surface area contributed by atoms with E-state index in [9.17, 15) is 22.4 Å². The number of hydrogen-bond acceptors (Lipinski definition) is 5. The number of nitrogens with zero attached hydrogens (tertiary/aromatic N) is 2. The summed E-state index contributed by atoms with van der Waals surface area (Å²) >= 11 is 6.27. The molecule has 1 N–H and O–H groups in total. The first kappa shape index (κ1) is 27.9. The number of benzene rings is 3. The van der Waals surface area contributed by atoms with E-state index in [2.05, 4.69) is 5.32 Å². The Morgan fingerprint density at radius 3 is 2.30 bits per heavy atom. The van der Waals surface area contributed by atoms with Crippen LogP contribution >= 0.6 is 11.6 Å². The molecule has 3 rings (SSSR count). The number of rotatable bonds is 10. The Bertz CT molecular complexity index is 1370. The first-order chi connectivity index (χ1) is 17.6. The highest BCUT2D eigenvalue weighted by Crippen LogP contribution is 2.32. The predicted molar refractivity (Wildman–Crippen MR) is 139 cm³/mol. The molecule has 0 saturated carbocycles. The molecular weight excluding hydrogens is 521 g/mol. The van der Waals surface area contributed by atoms with Crippen molar-refractivity contribution >= 4 is 39.1 Å². The van der Waals surface area contributed by atoms with Crippen LogP contribution in [0.15, 0.2) is 77.7 Å². The zero-order valence-electron chi connectivity index (χ0n) is 20.5. The zero-order chi connectivity index (χ0) is 27.2. The summed E-state index contributed by atoms with van der Waals surface area (Å²) in [7, 11) is -1.41. The van der Waals surface area contributed by atoms with Crippen LogP contribution < -0.4 is 14.4 Å². The second-order valence-electron chi connectivity index (χ2n) is 8.05. The number of anilines is 1. The van der Waals surface area contributed by atoms with Gasteiger partial charge in [-0.15, -0.1) is 0 Å². The van der Waals surface area contributed by atoms with Crippen molar-refractivity contribution in [1.29, 1.82) is 0 Å². The van der Waals surface area contributed by atoms with Gasteiger partial charge in [0.25, 0.3) is 10.0 Å². The average Bonchev–Trinajstić information content (AvgIpc) is 2.90. The molecule has 0 aliphatic carbocycles. The Hall–Kier alpha value is -3.63. The summed E-state index contributed by atoms with van der Waals surface area (Å²) in [6.45, 7) is 0.566. The molecule has 1 atom stereocenters. The molecule has 0 fully saturated rings. The minimum atomic E-state index is -4.24. The van der Waals surface area contributed by atoms with Gasteiger partial charge in [-0.05, 0) is 43.3 Å². The lowest BCUT2D eigenvalue weighted by atomic mass is 10.1. The predicted octanol–water partition coefficient (Wildman–Crippen LogP) is 3.85. The van der Waals surface area contributed by atoms with Gasteiger partial charge in [0.2, 0.25) is 11.8 Å². The van der Waals surface area contributed by atoms with Crippen molar-refractivity contribution in [1.82, 2.24) is 10.2 Å². The lowest BCUT2D eigenvalue weighted by molar-refractivity contribution is -0.139. The van der Waals surface area contributed by atoms with Crippen LogP contribution in [-0.4, -0.2) is 51.9 Å². The molecule has 0 radical (unpaired) electrons. The number of sulfonamides is 1. The first-order valence-corrected chi connectivity index (χ1v) is 13.1. The number of methoxy groups -OCH3 is 1. The molecule has 196 valence electrons. The summed E-state index contributed by atoms with van der Waals surface area (Å²) < 4.78 is 47.8. The summed E-state index contributed by atoms with van der Waals surface area (Å²) in [6, 6.07) is 16.8. The Kier molecular flexibility index (Phi) is 9.12. The molecule has 0 unspecified atom stereocenters. The van der Waals surface area contributed by atoms with E-state index in [-0.39, 0.29) is 27.7 Å². The number of hydrogen-bond donors (Lipinski definition) is 1. The maximum Gasteiger partial charge on any atom is 0.264 e. The number of likely N-dealkylation sites (N-methyl/N-ethyl adjacent to an activating group) is 1. The highest BCUT2D eigenvalue weighted by atomic mass is 35.5. The van der Waals surface area contributed by atoms with Gasteiger partial charge in [0.15, 0.2) is 0 Å². The van der Waals surface area contributed by atoms with E-state index >= 15 is 0 Å². The number of carbonyl (C=O) groups is 2. The third kappa shape index (κ3) is 6.39. The van der Waals surface area contributed by atoms with E-state index in [1.807, 2.05) is 0 Å². The number of carbonyl (C=O) groups excluding carboxylic acids is 2. The topological polar surface area (TPSA) is 96.0 Å². The molecule has 3 aromatic rings. The van der Waals surface area contributed by atoms with Gasteiger partial charge in [0.1, 0.15) is 24.2 Å². The van der Waals surface area contributed by atoms with Crippen molar-refractivity contribution in [3.8, 4) is 5.75 Å². The molecule has 8 nitrogen and oxygen atoms in total. The molecule has 0 aliphatic rings. The second kappa shape index (κ2) is 12.1. The average molecular weight is 548 g/mol. The standard InChI is InChI=1S/C26H27ClFN3O5S/c1-18(26(33)29-2)30(16-19-9-7-8-12-23(19)28)25(32)17-31(20-13-14-24(36-3)22(27)15-20)37(34,35)21-10-5-4-6-11-21/h4-15,18H,16-17H2,1-3H3,(H,29,33)/t18-/m1/s1. The third-order valence-corrected chi connectivity index (χ3v) is 7.83. The van der Waals surface area contributed by atoms with Gasteiger partial charge in [-0.3, -0.25) is 13.9 Å². The number of ether oxygens (including phenoxy) is 1. The number of amides is 2. The third-order valence-electron chi connectivity index (χ3n) is 5.75. The number of halogens is 2. The van der Waals surface area contributed by atoms with Crippen LogP contribution in [0, 0.1) is 5.82 Å². The van der Waals surface area contributed by atoms with Crippen molar-refractivity contribution in [3.05, 3.63) is 89.2 Å². The summed E-state index contributed by atoms with van der Waals surface area (Å²) in [4.78, 5) is 27.2. The van der Waals surface area contributed by atoms with E-state index in [0.717, 1.165) is 9.21 Å². The van der Waals surface area contributed by atoms with Crippen LogP contribution in [0.3, 0.4) is 0 Å². The minimum Gasteiger partial charge on any atom is -0.495 e. The van der Waals surface area contributed by atoms with Gasteiger partial charge < -0.3 is 15.0 Å². The van der Waals surface area contributed by atoms with E-state index in [1.54, 1.807) is 24.3 Å². The van der Waals surface area contributed by atoms with Gasteiger partial charge in [-0.2, -0.15) is 0 Å². The van der Waals surface area contributed by atoms with Crippen LogP contribution in [0.2, 0.25) is 5.02 Å². The van der Waals surface area contributed by atoms with Gasteiger partial charge >= 0.3 is 0 Å². The first-order valence-electron chi connectivity index (χ1n) is 11.3. The zero-order valence-corrected chi connectivity index (χ0v) is 22.1. The summed E-state index contributed by atoms with van der Waals surface area (Å²) in [5, 5.41) is 2.61. The molecule has 0 bridgehead atoms. The van der Waals surface area contributed by atoms with Crippen LogP contribution in [0.5, 0.6) is 5.75 Å². The fourth-order valence-corrected chi connectivity index (χ4v) is 5.34. The highest BCUT2D eigenvalue weighted by Gasteiger charge is 2.32. The SMILES string of the molecule is CNC(=O)[C@@H](C)N(Cc1ccccc1F)C(=O)CN(c1ccc(OC)c(Cl)c1)S(=O)(=O)c1ccccc1. The molecule has 0 spiro atoms. The second-order valence-corrected chi connectivity index (χ2v) is 10.3. The molecule has 0 saturated heterocycles. The number of nitrogens with one attached hydrogen (secondary N) is 1. The maximum absolute atomic E-state index is 14.4. The lowest BCUT2D eigenvalue weighted by Gasteiger charge is -2.32. The maximum atomic E-state index is 14.4. The van der Waals surface area contributed by atoms with Crippen LogP contribution in [0.1, 0.15) is 12.5 Å². The van der Waals surface area contributed by atoms with Gasteiger partial charge in [-0.1, -0.05) is 48.0 Å². The molecule has 37 heavy (non-hydrogen) atoms. The molecule has 0 heterocycles. The van der Waals surface area contributed by atoms with Crippen molar-refractivity contribution in [2.75, 3.05) is 25.0 Å². The molecule has 0 aliphatic heterocycles. The molecule has 0 aromatic heterocycles. The quantitative estimate of drug-likeness (QED) is 0.416. The van der Waals surface area contributed by atoms with Crippen molar-refractivity contribution in [3.63, 3.8) is 0 Å². The van der Waals surface area contributed by atoms with Gasteiger partial charge in [0.05, 0.1) is 22.7 Å². The van der Waals surface area contributed by atoms with Crippen LogP contribution in [0.4, 0.5) is 10.1 Å². The van der Waals surface area contributed by atoms with E-state index in [4.69, 9.17) is 16.3 Å². The van der Waals surface area contributed by atoms with Gasteiger partial charge in [-0.25, -0.2) is 12.8 Å². The molecule has 2 amide bonds. The van der Waals surface area contributed by atoms with Crippen LogP contribution in [-0.2, 0) is 26.2 Å². The largest absolute Gasteiger partial charge is 0.495 e. The van der Waals surface area contributed by atoms with Crippen LogP contribution in [0.25, 0.3) is 0 Å². The monoisotopic (exact) mass is 547 g/mol. The normalized spacial score (nSPS) is 11.9. The Morgan fingerprint density at radius 2 is 1.70 bits per heavy atom. The smallest absolute Gasteiger partial charge is 0.264 e. The highest BCUT2D eigenvalue weighted by molar-refractivity contribution is 7.92. The molecule has 11 heteroatoms. The van der Waals surface area contributed by atoms with Crippen molar-refractivity contribution in [2.45, 2.75) is 24.4 Å². The van der Waals surface area contributed by atoms with Crippen molar-refractivity contribution in [2.24, 2.45) is 0 Å². The van der Waals surface area contributed by atoms with Gasteiger partial charge in [0, 0.05) is 19.2 Å². The summed E-state index contributed by atoms with van der Waals surface area (Å²) in [5.74, 6) is -1.44. The summed E-state index contributed by atoms with van der Waals surface area (Å²) in [5.41, 5.74) is 0.290. The minimum absolute atomic E-state index is 0.0465. The lowest BCUT2D eigenvalue weighted by Crippen LogP contribution is -2.50. The Morgan fingerprint density at radius 1 is 1.05 bits per heavy atom. The van der Waals surface area contributed by atoms with Crippen molar-refractivity contribution < 1.29 is 27.1 Å². The Labute approximate surface area is 220 Å². The molecular formula is C26H27ClFN3O5S. The summed E-state index contributed by atoms with van der Waals surface area (Å²) in [6.07, 6.45) is 0. The molecule has 3 aromatic carbocycles. The van der Waals surface area contributed by atoms with E-state index < -0.39 is 40.2 Å². The van der Waals surface area contributed by atoms with E-state index in [1.165, 1.54) is 69.6 Å². The van der Waals surface area contributed by atoms with E-state index in [0.29, 0.717) is 5.75 Å². The fraction of sp³-hybridized carbons (Fsp3) is 0.231.